The lowest BCUT2D eigenvalue weighted by Crippen LogP contribution is -2.26. The molecule has 0 aromatic rings. The molecule has 1 heteroatoms. The van der Waals surface area contributed by atoms with Gasteiger partial charge in [-0.1, -0.05) is 20.8 Å². The Kier molecular flexibility index (Phi) is 6.06. The highest BCUT2D eigenvalue weighted by molar-refractivity contribution is 4.62. The van der Waals surface area contributed by atoms with Gasteiger partial charge >= 0.3 is 0 Å². The summed E-state index contributed by atoms with van der Waals surface area (Å²) >= 11 is 0. The number of piperidine rings is 1. The molecule has 0 unspecified atom stereocenters. The van der Waals surface area contributed by atoms with Crippen LogP contribution in [0.1, 0.15) is 33.6 Å². The second-order valence-corrected chi connectivity index (χ2v) is 2.43. The van der Waals surface area contributed by atoms with Gasteiger partial charge in [0.25, 0.3) is 0 Å². The summed E-state index contributed by atoms with van der Waals surface area (Å²) in [5.41, 5.74) is 0. The normalized spacial score (nSPS) is 20.3. The molecule has 9 heavy (non-hydrogen) atoms. The molecule has 0 aliphatic carbocycles. The first-order valence-corrected chi connectivity index (χ1v) is 4.10. The van der Waals surface area contributed by atoms with Crippen molar-refractivity contribution in [2.24, 2.45) is 5.92 Å². The maximum absolute atomic E-state index is 3.32. The molecule has 0 atom stereocenters. The zero-order valence-electron chi connectivity index (χ0n) is 6.91. The minimum Gasteiger partial charge on any atom is -0.317 e. The van der Waals surface area contributed by atoms with Crippen molar-refractivity contribution < 1.29 is 0 Å². The smallest absolute Gasteiger partial charge is 0.00464 e. The molecule has 0 saturated carbocycles. The Hall–Kier alpha value is -0.0400. The first-order valence-electron chi connectivity index (χ1n) is 4.10. The molecular weight excluding hydrogens is 110 g/mol. The standard InChI is InChI=1S/C6H13N.C2H6/c1-6-2-4-7-5-3-6;1-2/h6-7H,2-5H2,1H3;1-2H3. The molecule has 0 radical (unpaired) electrons. The zero-order chi connectivity index (χ0) is 7.11. The molecule has 0 aromatic heterocycles. The van der Waals surface area contributed by atoms with Crippen LogP contribution in [-0.4, -0.2) is 13.1 Å². The van der Waals surface area contributed by atoms with E-state index in [4.69, 9.17) is 0 Å². The summed E-state index contributed by atoms with van der Waals surface area (Å²) in [7, 11) is 0. The largest absolute Gasteiger partial charge is 0.317 e. The molecule has 1 fully saturated rings. The molecule has 0 bridgehead atoms. The third-order valence-electron chi connectivity index (χ3n) is 1.63. The highest BCUT2D eigenvalue weighted by Gasteiger charge is 2.04. The summed E-state index contributed by atoms with van der Waals surface area (Å²) in [4.78, 5) is 0. The van der Waals surface area contributed by atoms with E-state index < -0.39 is 0 Å². The topological polar surface area (TPSA) is 12.0 Å². The molecule has 0 aromatic carbocycles. The molecule has 1 aliphatic heterocycles. The van der Waals surface area contributed by atoms with E-state index >= 15 is 0 Å². The van der Waals surface area contributed by atoms with Crippen molar-refractivity contribution in [2.45, 2.75) is 33.6 Å². The molecule has 1 N–H and O–H groups in total. The van der Waals surface area contributed by atoms with E-state index in [1.807, 2.05) is 13.8 Å². The van der Waals surface area contributed by atoms with E-state index in [1.165, 1.54) is 25.9 Å². The summed E-state index contributed by atoms with van der Waals surface area (Å²) < 4.78 is 0. The van der Waals surface area contributed by atoms with Crippen LogP contribution >= 0.6 is 0 Å². The number of hydrogen-bond acceptors (Lipinski definition) is 1. The van der Waals surface area contributed by atoms with E-state index in [-0.39, 0.29) is 0 Å². The zero-order valence-corrected chi connectivity index (χ0v) is 6.91. The maximum Gasteiger partial charge on any atom is -0.00464 e. The average Bonchev–Trinajstić information content (AvgIpc) is 1.94. The van der Waals surface area contributed by atoms with E-state index in [2.05, 4.69) is 12.2 Å². The van der Waals surface area contributed by atoms with Crippen LogP contribution in [0.5, 0.6) is 0 Å². The summed E-state index contributed by atoms with van der Waals surface area (Å²) in [6, 6.07) is 0. The van der Waals surface area contributed by atoms with Crippen molar-refractivity contribution in [1.82, 2.24) is 5.32 Å². The minimum absolute atomic E-state index is 0.973. The summed E-state index contributed by atoms with van der Waals surface area (Å²) in [5, 5.41) is 3.32. The van der Waals surface area contributed by atoms with Gasteiger partial charge in [-0.05, 0) is 31.8 Å². The Bertz CT molecular complexity index is 46.5. The Morgan fingerprint density at radius 1 is 1.11 bits per heavy atom. The fourth-order valence-corrected chi connectivity index (χ4v) is 0.966. The highest BCUT2D eigenvalue weighted by atomic mass is 14.9. The lowest BCUT2D eigenvalue weighted by atomic mass is 10.0. The first-order chi connectivity index (χ1) is 4.39. The lowest BCUT2D eigenvalue weighted by Gasteiger charge is -2.17. The molecule has 56 valence electrons. The third-order valence-corrected chi connectivity index (χ3v) is 1.63. The fraction of sp³-hybridized carbons (Fsp3) is 1.00. The van der Waals surface area contributed by atoms with E-state index in [9.17, 15) is 0 Å². The monoisotopic (exact) mass is 129 g/mol. The van der Waals surface area contributed by atoms with E-state index in [1.54, 1.807) is 0 Å². The van der Waals surface area contributed by atoms with Crippen molar-refractivity contribution in [3.05, 3.63) is 0 Å². The van der Waals surface area contributed by atoms with Crippen molar-refractivity contribution in [1.29, 1.82) is 0 Å². The average molecular weight is 129 g/mol. The number of rotatable bonds is 0. The third kappa shape index (κ3) is 4.46. The number of hydrogen-bond donors (Lipinski definition) is 1. The number of nitrogens with one attached hydrogen (secondary N) is 1. The maximum atomic E-state index is 3.32. The predicted molar refractivity (Wildman–Crippen MR) is 42.6 cm³/mol. The fourth-order valence-electron chi connectivity index (χ4n) is 0.966. The van der Waals surface area contributed by atoms with Crippen LogP contribution in [0.3, 0.4) is 0 Å². The van der Waals surface area contributed by atoms with Gasteiger partial charge in [-0.15, -0.1) is 0 Å². The Balaban J connectivity index is 0.000000291. The quantitative estimate of drug-likeness (QED) is 0.527. The molecule has 0 spiro atoms. The van der Waals surface area contributed by atoms with Gasteiger partial charge in [0.2, 0.25) is 0 Å². The van der Waals surface area contributed by atoms with Gasteiger partial charge in [0.1, 0.15) is 0 Å². The van der Waals surface area contributed by atoms with Crippen molar-refractivity contribution in [2.75, 3.05) is 13.1 Å². The Labute approximate surface area is 58.8 Å². The van der Waals surface area contributed by atoms with Crippen LogP contribution in [0.2, 0.25) is 0 Å². The first kappa shape index (κ1) is 8.96. The van der Waals surface area contributed by atoms with Gasteiger partial charge < -0.3 is 5.32 Å². The van der Waals surface area contributed by atoms with Gasteiger partial charge in [0.05, 0.1) is 0 Å². The molecule has 1 saturated heterocycles. The summed E-state index contributed by atoms with van der Waals surface area (Å²) in [6.07, 6.45) is 2.75. The van der Waals surface area contributed by atoms with Crippen molar-refractivity contribution in [3.8, 4) is 0 Å². The summed E-state index contributed by atoms with van der Waals surface area (Å²) in [5.74, 6) is 0.973. The summed E-state index contributed by atoms with van der Waals surface area (Å²) in [6.45, 7) is 8.79. The van der Waals surface area contributed by atoms with Crippen LogP contribution < -0.4 is 5.32 Å². The Morgan fingerprint density at radius 2 is 1.56 bits per heavy atom. The second-order valence-electron chi connectivity index (χ2n) is 2.43. The molecule has 1 aliphatic rings. The molecule has 1 nitrogen and oxygen atoms in total. The second kappa shape index (κ2) is 6.09. The van der Waals surface area contributed by atoms with Gasteiger partial charge in [0.15, 0.2) is 0 Å². The van der Waals surface area contributed by atoms with Crippen LogP contribution in [0.15, 0.2) is 0 Å². The van der Waals surface area contributed by atoms with Crippen molar-refractivity contribution >= 4 is 0 Å². The van der Waals surface area contributed by atoms with Crippen LogP contribution in [0.25, 0.3) is 0 Å². The van der Waals surface area contributed by atoms with Crippen LogP contribution in [-0.2, 0) is 0 Å². The van der Waals surface area contributed by atoms with Gasteiger partial charge in [-0.2, -0.15) is 0 Å². The van der Waals surface area contributed by atoms with Crippen LogP contribution in [0.4, 0.5) is 0 Å². The molecule has 1 rings (SSSR count). The lowest BCUT2D eigenvalue weighted by molar-refractivity contribution is 0.402. The Morgan fingerprint density at radius 3 is 1.78 bits per heavy atom. The minimum atomic E-state index is 0.973. The van der Waals surface area contributed by atoms with Gasteiger partial charge in [-0.25, -0.2) is 0 Å². The predicted octanol–water partition coefficient (Wildman–Crippen LogP) is 2.03. The molecule has 1 heterocycles. The molecular formula is C8H19N. The van der Waals surface area contributed by atoms with Gasteiger partial charge in [-0.3, -0.25) is 0 Å². The van der Waals surface area contributed by atoms with E-state index in [0.29, 0.717) is 0 Å². The highest BCUT2D eigenvalue weighted by Crippen LogP contribution is 2.08. The van der Waals surface area contributed by atoms with E-state index in [0.717, 1.165) is 5.92 Å². The molecule has 0 amide bonds. The van der Waals surface area contributed by atoms with Gasteiger partial charge in [0, 0.05) is 0 Å². The van der Waals surface area contributed by atoms with Crippen LogP contribution in [0, 0.1) is 5.92 Å². The SMILES string of the molecule is CC.CC1CCNCC1. The van der Waals surface area contributed by atoms with Crippen molar-refractivity contribution in [3.63, 3.8) is 0 Å².